The van der Waals surface area contributed by atoms with Crippen LogP contribution in [-0.2, 0) is 16.1 Å². The Bertz CT molecular complexity index is 323. The van der Waals surface area contributed by atoms with Crippen molar-refractivity contribution in [3.8, 4) is 0 Å². The predicted octanol–water partition coefficient (Wildman–Crippen LogP) is 1.25. The highest BCUT2D eigenvalue weighted by atomic mass is 16.5. The molecule has 0 radical (unpaired) electrons. The van der Waals surface area contributed by atoms with Crippen LogP contribution in [0.2, 0.25) is 0 Å². The summed E-state index contributed by atoms with van der Waals surface area (Å²) in [4.78, 5) is 11.3. The fraction of sp³-hybridized carbons (Fsp3) is 0.462. The second kappa shape index (κ2) is 7.81. The van der Waals surface area contributed by atoms with Gasteiger partial charge < -0.3 is 14.9 Å². The zero-order valence-corrected chi connectivity index (χ0v) is 9.71. The monoisotopic (exact) mass is 238 g/mol. The summed E-state index contributed by atoms with van der Waals surface area (Å²) in [5.41, 5.74) is 0.955. The minimum atomic E-state index is -0.739. The average Bonchev–Trinajstić information content (AvgIpc) is 2.37. The molecule has 0 aliphatic rings. The first kappa shape index (κ1) is 13.7. The first-order valence-corrected chi connectivity index (χ1v) is 5.71. The van der Waals surface area contributed by atoms with Gasteiger partial charge in [-0.3, -0.25) is 4.79 Å². The van der Waals surface area contributed by atoms with Gasteiger partial charge in [-0.1, -0.05) is 30.3 Å². The van der Waals surface area contributed by atoms with Gasteiger partial charge in [0.2, 0.25) is 0 Å². The first-order valence-electron chi connectivity index (χ1n) is 5.71. The number of ether oxygens (including phenoxy) is 1. The van der Waals surface area contributed by atoms with Crippen LogP contribution >= 0.6 is 0 Å². The molecule has 0 aromatic heterocycles. The van der Waals surface area contributed by atoms with Crippen molar-refractivity contribution in [2.75, 3.05) is 6.61 Å². The Kier molecular flexibility index (Phi) is 6.29. The van der Waals surface area contributed by atoms with Gasteiger partial charge >= 0.3 is 5.97 Å². The molecular weight excluding hydrogens is 220 g/mol. The highest BCUT2D eigenvalue weighted by molar-refractivity contribution is 5.69. The quantitative estimate of drug-likeness (QED) is 0.702. The number of aliphatic hydroxyl groups excluding tert-OH is 2. The minimum Gasteiger partial charge on any atom is -0.461 e. The summed E-state index contributed by atoms with van der Waals surface area (Å²) < 4.78 is 5.06. The summed E-state index contributed by atoms with van der Waals surface area (Å²) in [6.07, 6.45) is 0.466. The Labute approximate surface area is 101 Å². The molecule has 0 aliphatic carbocycles. The zero-order valence-electron chi connectivity index (χ0n) is 9.71. The summed E-state index contributed by atoms with van der Waals surface area (Å²) in [5, 5.41) is 17.7. The predicted molar refractivity (Wildman–Crippen MR) is 63.2 cm³/mol. The van der Waals surface area contributed by atoms with Crippen LogP contribution in [0.15, 0.2) is 30.3 Å². The molecule has 0 unspecified atom stereocenters. The Morgan fingerprint density at radius 3 is 2.65 bits per heavy atom. The van der Waals surface area contributed by atoms with Crippen LogP contribution in [0.25, 0.3) is 0 Å². The van der Waals surface area contributed by atoms with Gasteiger partial charge in [0.15, 0.2) is 0 Å². The standard InChI is InChI=1S/C13H18O4/c14-9-12(15)7-4-8-13(16)17-10-11-5-2-1-3-6-11/h1-3,5-6,12,14-15H,4,7-10H2/t12-/m1/s1. The van der Waals surface area contributed by atoms with E-state index in [4.69, 9.17) is 14.9 Å². The van der Waals surface area contributed by atoms with Crippen molar-refractivity contribution >= 4 is 5.97 Å². The molecule has 0 aliphatic heterocycles. The highest BCUT2D eigenvalue weighted by Crippen LogP contribution is 2.05. The molecule has 0 bridgehead atoms. The van der Waals surface area contributed by atoms with Gasteiger partial charge in [-0.15, -0.1) is 0 Å². The number of aliphatic hydroxyl groups is 2. The van der Waals surface area contributed by atoms with E-state index in [9.17, 15) is 4.79 Å². The molecule has 1 aromatic carbocycles. The first-order chi connectivity index (χ1) is 8.22. The lowest BCUT2D eigenvalue weighted by Crippen LogP contribution is -2.12. The number of benzene rings is 1. The van der Waals surface area contributed by atoms with Crippen LogP contribution in [0.5, 0.6) is 0 Å². The number of carbonyl (C=O) groups excluding carboxylic acids is 1. The van der Waals surface area contributed by atoms with E-state index in [0.29, 0.717) is 12.8 Å². The normalized spacial score (nSPS) is 12.1. The van der Waals surface area contributed by atoms with E-state index in [1.165, 1.54) is 0 Å². The molecule has 2 N–H and O–H groups in total. The van der Waals surface area contributed by atoms with E-state index in [1.807, 2.05) is 30.3 Å². The molecule has 0 saturated carbocycles. The van der Waals surface area contributed by atoms with Crippen molar-refractivity contribution in [2.24, 2.45) is 0 Å². The van der Waals surface area contributed by atoms with E-state index in [0.717, 1.165) is 5.56 Å². The maximum atomic E-state index is 11.3. The number of esters is 1. The molecule has 0 amide bonds. The van der Waals surface area contributed by atoms with Gasteiger partial charge in [0.25, 0.3) is 0 Å². The van der Waals surface area contributed by atoms with Crippen molar-refractivity contribution in [1.82, 2.24) is 0 Å². The molecule has 0 heterocycles. The maximum absolute atomic E-state index is 11.3. The molecule has 94 valence electrons. The third kappa shape index (κ3) is 6.04. The van der Waals surface area contributed by atoms with Crippen LogP contribution in [0.4, 0.5) is 0 Å². The van der Waals surface area contributed by atoms with Crippen LogP contribution in [-0.4, -0.2) is 28.9 Å². The summed E-state index contributed by atoms with van der Waals surface area (Å²) in [7, 11) is 0. The fourth-order valence-corrected chi connectivity index (χ4v) is 1.38. The average molecular weight is 238 g/mol. The molecule has 1 rings (SSSR count). The molecule has 0 fully saturated rings. The Morgan fingerprint density at radius 2 is 2.00 bits per heavy atom. The van der Waals surface area contributed by atoms with Gasteiger partial charge in [-0.05, 0) is 18.4 Å². The summed E-state index contributed by atoms with van der Waals surface area (Å²) in [6.45, 7) is 0.0152. The van der Waals surface area contributed by atoms with Crippen molar-refractivity contribution in [1.29, 1.82) is 0 Å². The molecular formula is C13H18O4. The van der Waals surface area contributed by atoms with E-state index in [1.54, 1.807) is 0 Å². The smallest absolute Gasteiger partial charge is 0.306 e. The molecule has 1 aromatic rings. The van der Waals surface area contributed by atoms with E-state index in [-0.39, 0.29) is 25.6 Å². The molecule has 0 saturated heterocycles. The van der Waals surface area contributed by atoms with Gasteiger partial charge in [-0.25, -0.2) is 0 Å². The lowest BCUT2D eigenvalue weighted by Gasteiger charge is -2.07. The van der Waals surface area contributed by atoms with Crippen molar-refractivity contribution in [3.63, 3.8) is 0 Å². The third-order valence-electron chi connectivity index (χ3n) is 2.37. The van der Waals surface area contributed by atoms with Crippen LogP contribution in [0.1, 0.15) is 24.8 Å². The van der Waals surface area contributed by atoms with E-state index < -0.39 is 6.10 Å². The summed E-state index contributed by atoms with van der Waals surface area (Å²) in [6, 6.07) is 9.47. The van der Waals surface area contributed by atoms with E-state index in [2.05, 4.69) is 0 Å². The number of hydrogen-bond acceptors (Lipinski definition) is 4. The van der Waals surface area contributed by atoms with Crippen molar-refractivity contribution < 1.29 is 19.7 Å². The topological polar surface area (TPSA) is 66.8 Å². The second-order valence-corrected chi connectivity index (χ2v) is 3.87. The lowest BCUT2D eigenvalue weighted by atomic mass is 10.1. The van der Waals surface area contributed by atoms with Gasteiger partial charge in [0, 0.05) is 6.42 Å². The molecule has 1 atom stereocenters. The lowest BCUT2D eigenvalue weighted by molar-refractivity contribution is -0.145. The molecule has 17 heavy (non-hydrogen) atoms. The zero-order chi connectivity index (χ0) is 12.5. The maximum Gasteiger partial charge on any atom is 0.306 e. The van der Waals surface area contributed by atoms with Crippen molar-refractivity contribution in [2.45, 2.75) is 32.0 Å². The summed E-state index contributed by atoms with van der Waals surface area (Å²) >= 11 is 0. The highest BCUT2D eigenvalue weighted by Gasteiger charge is 2.06. The fourth-order valence-electron chi connectivity index (χ4n) is 1.38. The molecule has 4 heteroatoms. The molecule has 0 spiro atoms. The number of rotatable bonds is 7. The van der Waals surface area contributed by atoms with E-state index >= 15 is 0 Å². The third-order valence-corrected chi connectivity index (χ3v) is 2.37. The van der Waals surface area contributed by atoms with Crippen LogP contribution in [0, 0.1) is 0 Å². The van der Waals surface area contributed by atoms with Crippen LogP contribution < -0.4 is 0 Å². The molecule has 4 nitrogen and oxygen atoms in total. The SMILES string of the molecule is O=C(CCC[C@@H](O)CO)OCc1ccccc1. The van der Waals surface area contributed by atoms with Gasteiger partial charge in [-0.2, -0.15) is 0 Å². The number of hydrogen-bond donors (Lipinski definition) is 2. The number of carbonyl (C=O) groups is 1. The Balaban J connectivity index is 2.13. The Morgan fingerprint density at radius 1 is 1.29 bits per heavy atom. The second-order valence-electron chi connectivity index (χ2n) is 3.87. The Hall–Kier alpha value is -1.39. The van der Waals surface area contributed by atoms with Gasteiger partial charge in [0.1, 0.15) is 6.61 Å². The minimum absolute atomic E-state index is 0.265. The summed E-state index contributed by atoms with van der Waals surface area (Å²) in [5.74, 6) is -0.279. The van der Waals surface area contributed by atoms with Crippen molar-refractivity contribution in [3.05, 3.63) is 35.9 Å². The van der Waals surface area contributed by atoms with Gasteiger partial charge in [0.05, 0.1) is 12.7 Å². The largest absolute Gasteiger partial charge is 0.461 e. The van der Waals surface area contributed by atoms with Crippen LogP contribution in [0.3, 0.4) is 0 Å².